The molecule has 176 valence electrons. The van der Waals surface area contributed by atoms with Crippen LogP contribution in [0.1, 0.15) is 34.1 Å². The molecule has 0 radical (unpaired) electrons. The van der Waals surface area contributed by atoms with Gasteiger partial charge in [0, 0.05) is 0 Å². The SMILES string of the molecule is CN1CCN(Cc2[se]c3c(ccc4cc(C(=O)NOC5CCCCO5)c(=O)oc43)c2Br)CC1. The Hall–Kier alpha value is -1.52. The van der Waals surface area contributed by atoms with Gasteiger partial charge in [0.2, 0.25) is 0 Å². The monoisotopic (exact) mass is 583 g/mol. The Morgan fingerprint density at radius 2 is 2.09 bits per heavy atom. The minimum atomic E-state index is -0.666. The van der Waals surface area contributed by atoms with Crippen molar-refractivity contribution in [3.8, 4) is 0 Å². The van der Waals surface area contributed by atoms with E-state index in [-0.39, 0.29) is 20.1 Å². The van der Waals surface area contributed by atoms with Crippen molar-refractivity contribution >= 4 is 57.0 Å². The number of hydrogen-bond donors (Lipinski definition) is 1. The van der Waals surface area contributed by atoms with Crippen molar-refractivity contribution in [2.75, 3.05) is 39.8 Å². The molecular weight excluding hydrogens is 557 g/mol. The van der Waals surface area contributed by atoms with Crippen molar-refractivity contribution in [1.29, 1.82) is 0 Å². The number of hydroxylamine groups is 1. The van der Waals surface area contributed by atoms with Gasteiger partial charge in [-0.05, 0) is 0 Å². The molecule has 8 nitrogen and oxygen atoms in total. The Bertz CT molecular complexity index is 1230. The molecule has 2 aromatic heterocycles. The molecule has 0 saturated carbocycles. The number of piperazine rings is 1. The van der Waals surface area contributed by atoms with Crippen LogP contribution in [0.5, 0.6) is 0 Å². The van der Waals surface area contributed by atoms with Crippen molar-refractivity contribution in [1.82, 2.24) is 15.3 Å². The molecule has 0 bridgehead atoms. The minimum absolute atomic E-state index is 0.0399. The summed E-state index contributed by atoms with van der Waals surface area (Å²) in [5.74, 6) is -0.624. The topological polar surface area (TPSA) is 84.3 Å². The Labute approximate surface area is 205 Å². The summed E-state index contributed by atoms with van der Waals surface area (Å²) >= 11 is 3.83. The summed E-state index contributed by atoms with van der Waals surface area (Å²) in [6, 6.07) is 5.52. The van der Waals surface area contributed by atoms with Crippen LogP contribution in [0.15, 0.2) is 31.9 Å². The van der Waals surface area contributed by atoms with Gasteiger partial charge in [-0.1, -0.05) is 0 Å². The third-order valence-corrected chi connectivity index (χ3v) is 10.2. The number of carbonyl (C=O) groups is 1. The molecule has 10 heteroatoms. The molecule has 2 saturated heterocycles. The zero-order valence-corrected chi connectivity index (χ0v) is 21.7. The summed E-state index contributed by atoms with van der Waals surface area (Å²) in [5.41, 5.74) is 2.17. The molecule has 1 unspecified atom stereocenters. The van der Waals surface area contributed by atoms with E-state index in [1.165, 1.54) is 4.44 Å². The Morgan fingerprint density at radius 1 is 1.27 bits per heavy atom. The molecule has 2 aliphatic rings. The fourth-order valence-electron chi connectivity index (χ4n) is 4.20. The maximum absolute atomic E-state index is 12.7. The van der Waals surface area contributed by atoms with Gasteiger partial charge in [0.05, 0.1) is 0 Å². The van der Waals surface area contributed by atoms with Crippen LogP contribution in [0.2, 0.25) is 0 Å². The molecule has 1 N–H and O–H groups in total. The summed E-state index contributed by atoms with van der Waals surface area (Å²) in [7, 11) is 2.15. The van der Waals surface area contributed by atoms with Crippen molar-refractivity contribution < 1.29 is 18.8 Å². The molecule has 1 amide bonds. The molecular formula is C23H26BrN3O5Se. The third-order valence-electron chi connectivity index (χ3n) is 6.19. The first-order valence-electron chi connectivity index (χ1n) is 11.2. The number of rotatable bonds is 5. The summed E-state index contributed by atoms with van der Waals surface area (Å²) < 4.78 is 14.6. The van der Waals surface area contributed by atoms with Crippen molar-refractivity contribution in [3.05, 3.63) is 43.1 Å². The summed E-state index contributed by atoms with van der Waals surface area (Å²) in [6.45, 7) is 5.76. The van der Waals surface area contributed by atoms with Crippen molar-refractivity contribution in [3.63, 3.8) is 0 Å². The average Bonchev–Trinajstić information content (AvgIpc) is 3.15. The second-order valence-electron chi connectivity index (χ2n) is 8.57. The molecule has 2 fully saturated rings. The van der Waals surface area contributed by atoms with E-state index in [9.17, 15) is 9.59 Å². The van der Waals surface area contributed by atoms with Gasteiger partial charge in [-0.2, -0.15) is 0 Å². The van der Waals surface area contributed by atoms with Crippen LogP contribution in [0.3, 0.4) is 0 Å². The van der Waals surface area contributed by atoms with Crippen molar-refractivity contribution in [2.24, 2.45) is 0 Å². The molecule has 4 heterocycles. The summed E-state index contributed by atoms with van der Waals surface area (Å²) in [6.07, 6.45) is 2.18. The van der Waals surface area contributed by atoms with Gasteiger partial charge in [0.15, 0.2) is 0 Å². The zero-order chi connectivity index (χ0) is 22.9. The van der Waals surface area contributed by atoms with E-state index < -0.39 is 17.8 Å². The first-order valence-corrected chi connectivity index (χ1v) is 13.7. The van der Waals surface area contributed by atoms with Crippen LogP contribution in [0.4, 0.5) is 0 Å². The molecule has 1 atom stereocenters. The number of ether oxygens (including phenoxy) is 1. The van der Waals surface area contributed by atoms with Gasteiger partial charge in [0.25, 0.3) is 0 Å². The fourth-order valence-corrected chi connectivity index (χ4v) is 7.94. The van der Waals surface area contributed by atoms with E-state index in [0.717, 1.165) is 65.1 Å². The molecule has 33 heavy (non-hydrogen) atoms. The number of hydrogen-bond acceptors (Lipinski definition) is 7. The van der Waals surface area contributed by atoms with Gasteiger partial charge in [-0.15, -0.1) is 0 Å². The second-order valence-corrected chi connectivity index (χ2v) is 11.7. The standard InChI is InChI=1S/C23H26BrN3O5Se/c1-26-7-9-27(10-8-26)13-17-19(24)15-6-5-14-12-16(23(29)31-20(14)21(15)33-17)22(28)25-32-18-4-2-3-11-30-18/h5-6,12,18H,2-4,7-11,13H2,1H3,(H,25,28). The van der Waals surface area contributed by atoms with Gasteiger partial charge in [-0.3, -0.25) is 0 Å². The Kier molecular flexibility index (Phi) is 7.04. The Morgan fingerprint density at radius 3 is 2.85 bits per heavy atom. The number of benzene rings is 1. The van der Waals surface area contributed by atoms with Crippen LogP contribution >= 0.6 is 15.9 Å². The second kappa shape index (κ2) is 9.99. The van der Waals surface area contributed by atoms with E-state index in [4.69, 9.17) is 14.0 Å². The Balaban J connectivity index is 1.40. The van der Waals surface area contributed by atoms with E-state index in [2.05, 4.69) is 38.3 Å². The van der Waals surface area contributed by atoms with Gasteiger partial charge in [0.1, 0.15) is 0 Å². The van der Waals surface area contributed by atoms with Gasteiger partial charge in [-0.25, -0.2) is 0 Å². The number of carbonyl (C=O) groups excluding carboxylic acids is 1. The predicted molar refractivity (Wildman–Crippen MR) is 130 cm³/mol. The van der Waals surface area contributed by atoms with Crippen LogP contribution < -0.4 is 11.1 Å². The number of fused-ring (bicyclic) bond motifs is 3. The van der Waals surface area contributed by atoms with Crippen LogP contribution in [-0.4, -0.2) is 76.3 Å². The van der Waals surface area contributed by atoms with Crippen LogP contribution in [0.25, 0.3) is 20.6 Å². The van der Waals surface area contributed by atoms with Crippen LogP contribution in [0, 0.1) is 0 Å². The summed E-state index contributed by atoms with van der Waals surface area (Å²) in [5, 5.41) is 1.81. The first-order chi connectivity index (χ1) is 16.0. The zero-order valence-electron chi connectivity index (χ0n) is 18.4. The van der Waals surface area contributed by atoms with Crippen LogP contribution in [-0.2, 0) is 16.1 Å². The van der Waals surface area contributed by atoms with Gasteiger partial charge >= 0.3 is 206 Å². The average molecular weight is 583 g/mol. The number of likely N-dealkylation sites (N-methyl/N-ethyl adjacent to an activating group) is 1. The molecule has 0 spiro atoms. The molecule has 1 aromatic carbocycles. The number of nitrogens with zero attached hydrogens (tertiary/aromatic N) is 2. The third kappa shape index (κ3) is 4.98. The quantitative estimate of drug-likeness (QED) is 0.281. The number of halogens is 1. The predicted octanol–water partition coefficient (Wildman–Crippen LogP) is 2.70. The number of nitrogens with one attached hydrogen (secondary N) is 1. The van der Waals surface area contributed by atoms with Crippen molar-refractivity contribution in [2.45, 2.75) is 32.1 Å². The van der Waals surface area contributed by atoms with E-state index in [0.29, 0.717) is 18.6 Å². The summed E-state index contributed by atoms with van der Waals surface area (Å²) in [4.78, 5) is 35.4. The number of amides is 1. The first kappa shape index (κ1) is 23.2. The molecule has 3 aromatic rings. The van der Waals surface area contributed by atoms with E-state index >= 15 is 0 Å². The molecule has 0 aliphatic carbocycles. The van der Waals surface area contributed by atoms with E-state index in [1.54, 1.807) is 6.07 Å². The fraction of sp³-hybridized carbons (Fsp3) is 0.478. The molecule has 5 rings (SSSR count). The maximum atomic E-state index is 12.7. The normalized spacial score (nSPS) is 20.5. The van der Waals surface area contributed by atoms with Gasteiger partial charge < -0.3 is 0 Å². The molecule has 2 aliphatic heterocycles. The van der Waals surface area contributed by atoms with E-state index in [1.807, 2.05) is 12.1 Å².